The lowest BCUT2D eigenvalue weighted by Gasteiger charge is -2.23. The summed E-state index contributed by atoms with van der Waals surface area (Å²) in [7, 11) is -1.21. The molecule has 10 nitrogen and oxygen atoms in total. The third kappa shape index (κ3) is 4.32. The second kappa shape index (κ2) is 9.34. The number of anilines is 1. The number of furan rings is 1. The molecule has 0 spiro atoms. The third-order valence-electron chi connectivity index (χ3n) is 5.65. The molecule has 1 saturated heterocycles. The van der Waals surface area contributed by atoms with Crippen LogP contribution < -0.4 is 19.5 Å². The number of ether oxygens (including phenoxy) is 2. The van der Waals surface area contributed by atoms with Crippen molar-refractivity contribution in [2.75, 3.05) is 19.1 Å². The van der Waals surface area contributed by atoms with Crippen molar-refractivity contribution in [2.45, 2.75) is 17.9 Å². The number of hydrogen-bond donors (Lipinski definition) is 2. The van der Waals surface area contributed by atoms with Gasteiger partial charge in [0.15, 0.2) is 0 Å². The Morgan fingerprint density at radius 2 is 1.69 bits per heavy atom. The number of carbonyl (C=O) groups excluding carboxylic acids is 2. The van der Waals surface area contributed by atoms with Gasteiger partial charge in [-0.1, -0.05) is 11.6 Å². The van der Waals surface area contributed by atoms with Gasteiger partial charge in [-0.3, -0.25) is 14.5 Å². The van der Waals surface area contributed by atoms with Crippen molar-refractivity contribution in [1.82, 2.24) is 0 Å². The number of Topliss-reactive ketones (excluding diaryl/α,β-unsaturated/α-hetero) is 1. The van der Waals surface area contributed by atoms with E-state index in [4.69, 9.17) is 30.6 Å². The quantitative estimate of drug-likeness (QED) is 0.278. The second-order valence-corrected chi connectivity index (χ2v) is 9.81. The minimum atomic E-state index is -3.98. The summed E-state index contributed by atoms with van der Waals surface area (Å²) in [6.45, 7) is 1.68. The zero-order valence-corrected chi connectivity index (χ0v) is 20.9. The maximum absolute atomic E-state index is 13.3. The van der Waals surface area contributed by atoms with Crippen molar-refractivity contribution >= 4 is 44.8 Å². The number of halogens is 1. The first-order valence-electron chi connectivity index (χ1n) is 10.4. The van der Waals surface area contributed by atoms with Crippen molar-refractivity contribution in [1.29, 1.82) is 0 Å². The summed E-state index contributed by atoms with van der Waals surface area (Å²) in [5.74, 6) is -1.37. The minimum absolute atomic E-state index is 0.0548. The summed E-state index contributed by atoms with van der Waals surface area (Å²) in [6, 6.07) is 9.91. The van der Waals surface area contributed by atoms with Crippen LogP contribution in [-0.4, -0.2) is 39.4 Å². The normalized spacial score (nSPS) is 17.5. The second-order valence-electron chi connectivity index (χ2n) is 7.84. The van der Waals surface area contributed by atoms with E-state index in [2.05, 4.69) is 0 Å². The molecular formula is C24H21ClN2O8S. The highest BCUT2D eigenvalue weighted by Crippen LogP contribution is 2.45. The molecule has 1 atom stereocenters. The molecule has 1 fully saturated rings. The topological polar surface area (TPSA) is 149 Å². The molecule has 2 heterocycles. The van der Waals surface area contributed by atoms with Crippen LogP contribution in [0.4, 0.5) is 5.69 Å². The number of aryl methyl sites for hydroxylation is 1. The number of aliphatic hydroxyl groups is 1. The zero-order valence-electron chi connectivity index (χ0n) is 19.3. The number of hydrogen-bond acceptors (Lipinski definition) is 8. The van der Waals surface area contributed by atoms with E-state index in [1.54, 1.807) is 19.1 Å². The molecule has 1 amide bonds. The summed E-state index contributed by atoms with van der Waals surface area (Å²) in [4.78, 5) is 27.4. The minimum Gasteiger partial charge on any atom is -0.507 e. The standard InChI is InChI=1S/C24H21ClN2O8S/c1-12-4-9-17(35-12)21-20(22(28)15-10-16(25)19(34-3)11-18(15)33-2)23(29)24(30)27(21)13-5-7-14(8-6-13)36(26,31)32/h4-11,21,28H,1-3H3,(H2,26,31,32)/b22-20+. The molecule has 4 rings (SSSR count). The molecule has 36 heavy (non-hydrogen) atoms. The van der Waals surface area contributed by atoms with E-state index in [-0.39, 0.29) is 44.0 Å². The first kappa shape index (κ1) is 25.3. The molecule has 0 bridgehead atoms. The van der Waals surface area contributed by atoms with Crippen LogP contribution in [0.3, 0.4) is 0 Å². The maximum atomic E-state index is 13.3. The summed E-state index contributed by atoms with van der Waals surface area (Å²) in [5.41, 5.74) is -0.0362. The van der Waals surface area contributed by atoms with Gasteiger partial charge in [-0.15, -0.1) is 0 Å². The van der Waals surface area contributed by atoms with Gasteiger partial charge in [0.1, 0.15) is 34.8 Å². The number of aliphatic hydroxyl groups excluding tert-OH is 1. The summed E-state index contributed by atoms with van der Waals surface area (Å²) >= 11 is 6.25. The van der Waals surface area contributed by atoms with Crippen molar-refractivity contribution in [2.24, 2.45) is 5.14 Å². The third-order valence-corrected chi connectivity index (χ3v) is 6.87. The van der Waals surface area contributed by atoms with Crippen molar-refractivity contribution in [3.8, 4) is 11.5 Å². The van der Waals surface area contributed by atoms with Crippen LogP contribution >= 0.6 is 11.6 Å². The fourth-order valence-corrected chi connectivity index (χ4v) is 4.71. The molecule has 1 aliphatic rings. The first-order valence-corrected chi connectivity index (χ1v) is 12.3. The number of sulfonamides is 1. The maximum Gasteiger partial charge on any atom is 0.300 e. The van der Waals surface area contributed by atoms with E-state index in [1.807, 2.05) is 0 Å². The Kier molecular flexibility index (Phi) is 6.56. The molecule has 3 aromatic rings. The number of primary sulfonamides is 1. The van der Waals surface area contributed by atoms with E-state index in [0.29, 0.717) is 5.76 Å². The number of carbonyl (C=O) groups is 2. The van der Waals surface area contributed by atoms with Crippen LogP contribution in [0.15, 0.2) is 63.4 Å². The Hall–Kier alpha value is -3.80. The van der Waals surface area contributed by atoms with Gasteiger partial charge in [0.25, 0.3) is 11.7 Å². The predicted octanol–water partition coefficient (Wildman–Crippen LogP) is 3.53. The number of rotatable bonds is 6. The molecule has 1 aliphatic heterocycles. The van der Waals surface area contributed by atoms with Gasteiger partial charge in [0.05, 0.1) is 35.3 Å². The highest BCUT2D eigenvalue weighted by Gasteiger charge is 2.48. The van der Waals surface area contributed by atoms with Crippen molar-refractivity contribution in [3.05, 3.63) is 76.2 Å². The Bertz CT molecular complexity index is 1510. The fourth-order valence-electron chi connectivity index (χ4n) is 3.95. The van der Waals surface area contributed by atoms with Crippen molar-refractivity contribution in [3.63, 3.8) is 0 Å². The van der Waals surface area contributed by atoms with Crippen LogP contribution in [-0.2, 0) is 19.6 Å². The lowest BCUT2D eigenvalue weighted by Crippen LogP contribution is -2.29. The number of nitrogens with zero attached hydrogens (tertiary/aromatic N) is 1. The molecule has 3 N–H and O–H groups in total. The van der Waals surface area contributed by atoms with Crippen molar-refractivity contribution < 1.29 is 37.0 Å². The van der Waals surface area contributed by atoms with Crippen LogP contribution in [0.5, 0.6) is 11.5 Å². The van der Waals surface area contributed by atoms with Crippen LogP contribution in [0.2, 0.25) is 5.02 Å². The van der Waals surface area contributed by atoms with E-state index < -0.39 is 33.5 Å². The smallest absolute Gasteiger partial charge is 0.300 e. The highest BCUT2D eigenvalue weighted by molar-refractivity contribution is 7.89. The van der Waals surface area contributed by atoms with Crippen LogP contribution in [0, 0.1) is 6.92 Å². The number of benzene rings is 2. The lowest BCUT2D eigenvalue weighted by atomic mass is 9.98. The molecule has 12 heteroatoms. The van der Waals surface area contributed by atoms with Gasteiger partial charge in [-0.25, -0.2) is 13.6 Å². The highest BCUT2D eigenvalue weighted by atomic mass is 35.5. The summed E-state index contributed by atoms with van der Waals surface area (Å²) in [6.07, 6.45) is 0. The molecule has 188 valence electrons. The van der Waals surface area contributed by atoms with E-state index in [0.717, 1.165) is 4.90 Å². The predicted molar refractivity (Wildman–Crippen MR) is 131 cm³/mol. The molecule has 1 unspecified atom stereocenters. The van der Waals surface area contributed by atoms with Gasteiger partial charge in [-0.2, -0.15) is 0 Å². The van der Waals surface area contributed by atoms with Gasteiger partial charge >= 0.3 is 0 Å². The molecule has 1 aromatic heterocycles. The van der Waals surface area contributed by atoms with Gasteiger partial charge < -0.3 is 19.0 Å². The SMILES string of the molecule is COc1cc(OC)c(/C(O)=C2\C(=O)C(=O)N(c3ccc(S(N)(=O)=O)cc3)C2c2ccc(C)o2)cc1Cl. The van der Waals surface area contributed by atoms with E-state index in [1.165, 1.54) is 50.6 Å². The molecular weight excluding hydrogens is 512 g/mol. The Balaban J connectivity index is 1.95. The van der Waals surface area contributed by atoms with E-state index >= 15 is 0 Å². The lowest BCUT2D eigenvalue weighted by molar-refractivity contribution is -0.132. The summed E-state index contributed by atoms with van der Waals surface area (Å²) in [5, 5.41) is 16.6. The summed E-state index contributed by atoms with van der Waals surface area (Å²) < 4.78 is 39.6. The molecule has 0 radical (unpaired) electrons. The Morgan fingerprint density at radius 3 is 2.22 bits per heavy atom. The first-order chi connectivity index (χ1) is 17.0. The zero-order chi connectivity index (χ0) is 26.4. The molecule has 0 aliphatic carbocycles. The average Bonchev–Trinajstić information content (AvgIpc) is 3.38. The Labute approximate surface area is 211 Å². The van der Waals surface area contributed by atoms with Gasteiger partial charge in [-0.05, 0) is 49.4 Å². The van der Waals surface area contributed by atoms with Gasteiger partial charge in [0, 0.05) is 11.8 Å². The average molecular weight is 533 g/mol. The van der Waals surface area contributed by atoms with E-state index in [9.17, 15) is 23.1 Å². The molecule has 0 saturated carbocycles. The molecule has 2 aromatic carbocycles. The monoisotopic (exact) mass is 532 g/mol. The van der Waals surface area contributed by atoms with Gasteiger partial charge in [0.2, 0.25) is 10.0 Å². The van der Waals surface area contributed by atoms with Crippen LogP contribution in [0.1, 0.15) is 23.1 Å². The van der Waals surface area contributed by atoms with Crippen LogP contribution in [0.25, 0.3) is 5.76 Å². The number of amides is 1. The number of methoxy groups -OCH3 is 2. The number of nitrogens with two attached hydrogens (primary N) is 1. The number of ketones is 1. The largest absolute Gasteiger partial charge is 0.507 e. The Morgan fingerprint density at radius 1 is 1.06 bits per heavy atom. The fraction of sp³-hybridized carbons (Fsp3) is 0.167.